The van der Waals surface area contributed by atoms with Gasteiger partial charge in [0.25, 0.3) is 0 Å². The van der Waals surface area contributed by atoms with Gasteiger partial charge in [0.1, 0.15) is 16.5 Å². The summed E-state index contributed by atoms with van der Waals surface area (Å²) in [5, 5.41) is 6.55. The zero-order valence-electron chi connectivity index (χ0n) is 10.9. The van der Waals surface area contributed by atoms with E-state index in [4.69, 9.17) is 4.74 Å². The molecule has 0 radical (unpaired) electrons. The van der Waals surface area contributed by atoms with Crippen molar-refractivity contribution in [2.75, 3.05) is 25.1 Å². The topological polar surface area (TPSA) is 47.0 Å². The SMILES string of the molecule is CCCNc1nc(CCOCC)nc2sccc12. The lowest BCUT2D eigenvalue weighted by molar-refractivity contribution is 0.149. The van der Waals surface area contributed by atoms with Crippen molar-refractivity contribution in [1.82, 2.24) is 9.97 Å². The number of ether oxygens (including phenoxy) is 1. The van der Waals surface area contributed by atoms with Gasteiger partial charge in [-0.2, -0.15) is 0 Å². The fourth-order valence-corrected chi connectivity index (χ4v) is 2.48. The average Bonchev–Trinajstić information content (AvgIpc) is 2.84. The second-order valence-electron chi connectivity index (χ2n) is 4.00. The zero-order chi connectivity index (χ0) is 12.8. The molecule has 0 unspecified atom stereocenters. The van der Waals surface area contributed by atoms with Gasteiger partial charge in [0.2, 0.25) is 0 Å². The van der Waals surface area contributed by atoms with Crippen molar-refractivity contribution in [3.63, 3.8) is 0 Å². The maximum atomic E-state index is 5.35. The zero-order valence-corrected chi connectivity index (χ0v) is 11.7. The van der Waals surface area contributed by atoms with Gasteiger partial charge in [-0.25, -0.2) is 9.97 Å². The van der Waals surface area contributed by atoms with E-state index in [0.717, 1.165) is 47.9 Å². The van der Waals surface area contributed by atoms with Crippen LogP contribution in [0.25, 0.3) is 10.2 Å². The first-order valence-corrected chi connectivity index (χ1v) is 7.28. The molecular weight excluding hydrogens is 246 g/mol. The van der Waals surface area contributed by atoms with Crippen LogP contribution in [0.1, 0.15) is 26.1 Å². The van der Waals surface area contributed by atoms with E-state index in [0.29, 0.717) is 6.61 Å². The molecule has 1 N–H and O–H groups in total. The summed E-state index contributed by atoms with van der Waals surface area (Å²) in [7, 11) is 0. The van der Waals surface area contributed by atoms with E-state index < -0.39 is 0 Å². The second-order valence-corrected chi connectivity index (χ2v) is 4.90. The Kier molecular flexibility index (Phi) is 4.90. The summed E-state index contributed by atoms with van der Waals surface area (Å²) < 4.78 is 5.35. The number of hydrogen-bond donors (Lipinski definition) is 1. The standard InChI is InChI=1S/C13H19N3OS/c1-3-7-14-12-10-6-9-18-13(10)16-11(15-12)5-8-17-4-2/h6,9H,3-5,7-8H2,1-2H3,(H,14,15,16). The van der Waals surface area contributed by atoms with Gasteiger partial charge >= 0.3 is 0 Å². The highest BCUT2D eigenvalue weighted by molar-refractivity contribution is 7.16. The van der Waals surface area contributed by atoms with E-state index in [9.17, 15) is 0 Å². The summed E-state index contributed by atoms with van der Waals surface area (Å²) in [6.45, 7) is 6.50. The Balaban J connectivity index is 2.20. The summed E-state index contributed by atoms with van der Waals surface area (Å²) in [4.78, 5) is 10.2. The minimum atomic E-state index is 0.681. The van der Waals surface area contributed by atoms with Gasteiger partial charge < -0.3 is 10.1 Å². The first-order valence-electron chi connectivity index (χ1n) is 6.40. The second kappa shape index (κ2) is 6.66. The molecule has 4 nitrogen and oxygen atoms in total. The first-order chi connectivity index (χ1) is 8.85. The molecule has 0 bridgehead atoms. The number of anilines is 1. The van der Waals surface area contributed by atoms with Gasteiger partial charge in [-0.1, -0.05) is 6.92 Å². The molecule has 0 aliphatic rings. The third-order valence-electron chi connectivity index (χ3n) is 2.59. The van der Waals surface area contributed by atoms with Crippen molar-refractivity contribution < 1.29 is 4.74 Å². The molecular formula is C13H19N3OS. The molecule has 0 atom stereocenters. The first kappa shape index (κ1) is 13.2. The highest BCUT2D eigenvalue weighted by Crippen LogP contribution is 2.25. The van der Waals surface area contributed by atoms with Crippen LogP contribution in [0.15, 0.2) is 11.4 Å². The summed E-state index contributed by atoms with van der Waals surface area (Å²) in [6.07, 6.45) is 1.85. The molecule has 0 saturated heterocycles. The van der Waals surface area contributed by atoms with Gasteiger partial charge in [-0.3, -0.25) is 0 Å². The highest BCUT2D eigenvalue weighted by Gasteiger charge is 2.08. The van der Waals surface area contributed by atoms with Crippen LogP contribution in [0.2, 0.25) is 0 Å². The Morgan fingerprint density at radius 2 is 2.22 bits per heavy atom. The minimum absolute atomic E-state index is 0.681. The number of nitrogens with zero attached hydrogens (tertiary/aromatic N) is 2. The van der Waals surface area contributed by atoms with Crippen LogP contribution in [0.5, 0.6) is 0 Å². The maximum absolute atomic E-state index is 5.35. The molecule has 0 amide bonds. The molecule has 2 rings (SSSR count). The number of rotatable bonds is 7. The van der Waals surface area contributed by atoms with E-state index in [2.05, 4.69) is 33.7 Å². The van der Waals surface area contributed by atoms with Gasteiger partial charge in [0, 0.05) is 19.6 Å². The molecule has 0 spiro atoms. The lowest BCUT2D eigenvalue weighted by Crippen LogP contribution is -2.07. The van der Waals surface area contributed by atoms with Crippen LogP contribution in [0.3, 0.4) is 0 Å². The minimum Gasteiger partial charge on any atom is -0.381 e. The molecule has 2 heterocycles. The average molecular weight is 265 g/mol. The summed E-state index contributed by atoms with van der Waals surface area (Å²) >= 11 is 1.66. The maximum Gasteiger partial charge on any atom is 0.138 e. The van der Waals surface area contributed by atoms with Crippen molar-refractivity contribution >= 4 is 27.4 Å². The van der Waals surface area contributed by atoms with Crippen molar-refractivity contribution in [1.29, 1.82) is 0 Å². The van der Waals surface area contributed by atoms with Crippen molar-refractivity contribution in [3.8, 4) is 0 Å². The Morgan fingerprint density at radius 1 is 1.33 bits per heavy atom. The molecule has 98 valence electrons. The number of fused-ring (bicyclic) bond motifs is 1. The predicted molar refractivity (Wildman–Crippen MR) is 76.4 cm³/mol. The van der Waals surface area contributed by atoms with E-state index in [1.54, 1.807) is 11.3 Å². The Morgan fingerprint density at radius 3 is 3.00 bits per heavy atom. The van der Waals surface area contributed by atoms with Crippen molar-refractivity contribution in [3.05, 3.63) is 17.3 Å². The Bertz CT molecular complexity index is 498. The lowest BCUT2D eigenvalue weighted by Gasteiger charge is -2.08. The number of hydrogen-bond acceptors (Lipinski definition) is 5. The molecule has 2 aromatic heterocycles. The van der Waals surface area contributed by atoms with Crippen LogP contribution in [0, 0.1) is 0 Å². The summed E-state index contributed by atoms with van der Waals surface area (Å²) in [5.41, 5.74) is 0. The molecule has 18 heavy (non-hydrogen) atoms. The smallest absolute Gasteiger partial charge is 0.138 e. The van der Waals surface area contributed by atoms with Gasteiger partial charge in [0.15, 0.2) is 0 Å². The lowest BCUT2D eigenvalue weighted by atomic mass is 10.3. The highest BCUT2D eigenvalue weighted by atomic mass is 32.1. The molecule has 0 aromatic carbocycles. The molecule has 0 aliphatic carbocycles. The molecule has 5 heteroatoms. The fourth-order valence-electron chi connectivity index (χ4n) is 1.70. The van der Waals surface area contributed by atoms with Crippen LogP contribution < -0.4 is 5.32 Å². The van der Waals surface area contributed by atoms with E-state index >= 15 is 0 Å². The number of thiophene rings is 1. The van der Waals surface area contributed by atoms with Gasteiger partial charge in [-0.05, 0) is 24.8 Å². The number of aromatic nitrogens is 2. The predicted octanol–water partition coefficient (Wildman–Crippen LogP) is 3.09. The summed E-state index contributed by atoms with van der Waals surface area (Å²) in [6, 6.07) is 2.07. The van der Waals surface area contributed by atoms with Crippen LogP contribution >= 0.6 is 11.3 Å². The Labute approximate surface area is 111 Å². The fraction of sp³-hybridized carbons (Fsp3) is 0.538. The largest absolute Gasteiger partial charge is 0.381 e. The van der Waals surface area contributed by atoms with E-state index in [1.807, 2.05) is 6.92 Å². The Hall–Kier alpha value is -1.20. The quantitative estimate of drug-likeness (QED) is 0.781. The molecule has 0 saturated carbocycles. The summed E-state index contributed by atoms with van der Waals surface area (Å²) in [5.74, 6) is 1.81. The molecule has 2 aromatic rings. The van der Waals surface area contributed by atoms with Gasteiger partial charge in [-0.15, -0.1) is 11.3 Å². The number of nitrogens with one attached hydrogen (secondary N) is 1. The van der Waals surface area contributed by atoms with Crippen molar-refractivity contribution in [2.24, 2.45) is 0 Å². The molecule has 0 aliphatic heterocycles. The van der Waals surface area contributed by atoms with E-state index in [-0.39, 0.29) is 0 Å². The third-order valence-corrected chi connectivity index (χ3v) is 3.39. The van der Waals surface area contributed by atoms with Crippen LogP contribution in [-0.2, 0) is 11.2 Å². The third kappa shape index (κ3) is 3.17. The van der Waals surface area contributed by atoms with Crippen LogP contribution in [0.4, 0.5) is 5.82 Å². The van der Waals surface area contributed by atoms with Gasteiger partial charge in [0.05, 0.1) is 12.0 Å². The molecule has 0 fully saturated rings. The van der Waals surface area contributed by atoms with Crippen molar-refractivity contribution in [2.45, 2.75) is 26.7 Å². The van der Waals surface area contributed by atoms with E-state index in [1.165, 1.54) is 0 Å². The van der Waals surface area contributed by atoms with Crippen LogP contribution in [-0.4, -0.2) is 29.7 Å². The monoisotopic (exact) mass is 265 g/mol. The normalized spacial score (nSPS) is 11.0.